The van der Waals surface area contributed by atoms with Gasteiger partial charge in [-0.15, -0.1) is 0 Å². The number of allylic oxidation sites excluding steroid dienone is 4. The highest BCUT2D eigenvalue weighted by Crippen LogP contribution is 2.17. The SMILES string of the molecule is CCCCCCCCCCC/C=C\C/C=C\CCCCCCCCCCCCCCCCCC(=O)NC(CO)C(O)C(O)CCCCCCCCCCCCCCC. The Morgan fingerprint density at radius 2 is 0.741 bits per heavy atom. The van der Waals surface area contributed by atoms with Crippen molar-refractivity contribution >= 4 is 5.91 Å². The number of unbranched alkanes of at least 4 members (excludes halogenated alkanes) is 36. The first-order chi connectivity index (χ1) is 28.6. The molecule has 4 N–H and O–H groups in total. The first-order valence-corrected chi connectivity index (χ1v) is 26.1. The predicted molar refractivity (Wildman–Crippen MR) is 255 cm³/mol. The molecule has 0 bridgehead atoms. The maximum absolute atomic E-state index is 12.5. The Kier molecular flexibility index (Phi) is 47.5. The molecule has 0 fully saturated rings. The molecule has 344 valence electrons. The fraction of sp³-hybridized carbons (Fsp3) is 0.906. The van der Waals surface area contributed by atoms with Gasteiger partial charge in [0.1, 0.15) is 6.10 Å². The van der Waals surface area contributed by atoms with Crippen LogP contribution in [0.15, 0.2) is 24.3 Å². The molecule has 1 amide bonds. The average molecular weight is 818 g/mol. The van der Waals surface area contributed by atoms with E-state index in [4.69, 9.17) is 0 Å². The van der Waals surface area contributed by atoms with Crippen molar-refractivity contribution in [3.05, 3.63) is 24.3 Å². The number of rotatable bonds is 48. The molecule has 0 saturated heterocycles. The molecule has 58 heavy (non-hydrogen) atoms. The second kappa shape index (κ2) is 48.5. The van der Waals surface area contributed by atoms with Crippen molar-refractivity contribution in [3.63, 3.8) is 0 Å². The van der Waals surface area contributed by atoms with Crippen LogP contribution >= 0.6 is 0 Å². The second-order valence-corrected chi connectivity index (χ2v) is 18.1. The Morgan fingerprint density at radius 1 is 0.431 bits per heavy atom. The zero-order valence-electron chi connectivity index (χ0n) is 39.2. The minimum atomic E-state index is -1.13. The largest absolute Gasteiger partial charge is 0.394 e. The summed E-state index contributed by atoms with van der Waals surface area (Å²) in [6.07, 6.45) is 60.3. The van der Waals surface area contributed by atoms with Crippen LogP contribution in [-0.4, -0.2) is 46.1 Å². The van der Waals surface area contributed by atoms with Gasteiger partial charge in [-0.3, -0.25) is 4.79 Å². The molecule has 0 heterocycles. The quantitative estimate of drug-likeness (QED) is 0.0364. The van der Waals surface area contributed by atoms with Crippen molar-refractivity contribution in [1.29, 1.82) is 0 Å². The molecule has 0 aromatic rings. The van der Waals surface area contributed by atoms with Crippen LogP contribution in [0.25, 0.3) is 0 Å². The normalized spacial score (nSPS) is 13.5. The molecule has 0 saturated carbocycles. The molecule has 0 aromatic heterocycles. The minimum Gasteiger partial charge on any atom is -0.394 e. The summed E-state index contributed by atoms with van der Waals surface area (Å²) in [7, 11) is 0. The Morgan fingerprint density at radius 3 is 1.09 bits per heavy atom. The van der Waals surface area contributed by atoms with Gasteiger partial charge >= 0.3 is 0 Å². The molecule has 0 rings (SSSR count). The third-order valence-electron chi connectivity index (χ3n) is 12.3. The van der Waals surface area contributed by atoms with E-state index in [1.165, 1.54) is 212 Å². The molecule has 0 aliphatic heterocycles. The van der Waals surface area contributed by atoms with Gasteiger partial charge < -0.3 is 20.6 Å². The maximum Gasteiger partial charge on any atom is 0.220 e. The van der Waals surface area contributed by atoms with E-state index in [-0.39, 0.29) is 12.5 Å². The van der Waals surface area contributed by atoms with E-state index in [0.29, 0.717) is 12.8 Å². The van der Waals surface area contributed by atoms with Crippen molar-refractivity contribution in [3.8, 4) is 0 Å². The number of hydrogen-bond acceptors (Lipinski definition) is 4. The predicted octanol–water partition coefficient (Wildman–Crippen LogP) is 15.7. The molecule has 0 aliphatic rings. The molecule has 5 heteroatoms. The molecule has 0 radical (unpaired) electrons. The number of amides is 1. The van der Waals surface area contributed by atoms with Crippen LogP contribution in [0.5, 0.6) is 0 Å². The van der Waals surface area contributed by atoms with E-state index >= 15 is 0 Å². The standard InChI is InChI=1S/C53H103NO4/c1-3-5-7-9-11-13-15-17-18-19-20-21-22-23-24-25-26-27-28-29-30-31-32-33-34-36-38-40-42-44-46-48-52(57)54-50(49-55)53(58)51(56)47-45-43-41-39-37-35-16-14-12-10-8-6-4-2/h20-21,23-24,50-51,53,55-56,58H,3-19,22,25-49H2,1-2H3,(H,54,57)/b21-20-,24-23-. The number of hydrogen-bond donors (Lipinski definition) is 4. The van der Waals surface area contributed by atoms with Gasteiger partial charge in [0.25, 0.3) is 0 Å². The topological polar surface area (TPSA) is 89.8 Å². The number of carbonyl (C=O) groups excluding carboxylic acids is 1. The fourth-order valence-electron chi connectivity index (χ4n) is 8.25. The molecule has 0 spiro atoms. The van der Waals surface area contributed by atoms with Crippen LogP contribution in [0, 0.1) is 0 Å². The molecular formula is C53H103NO4. The monoisotopic (exact) mass is 818 g/mol. The smallest absolute Gasteiger partial charge is 0.220 e. The zero-order chi connectivity index (χ0) is 42.3. The van der Waals surface area contributed by atoms with Crippen molar-refractivity contribution in [2.45, 2.75) is 302 Å². The lowest BCUT2D eigenvalue weighted by molar-refractivity contribution is -0.124. The summed E-state index contributed by atoms with van der Waals surface area (Å²) < 4.78 is 0. The average Bonchev–Trinajstić information content (AvgIpc) is 3.23. The van der Waals surface area contributed by atoms with Crippen LogP contribution in [0.4, 0.5) is 0 Å². The van der Waals surface area contributed by atoms with Gasteiger partial charge in [0.2, 0.25) is 5.91 Å². The first-order valence-electron chi connectivity index (χ1n) is 26.1. The zero-order valence-corrected chi connectivity index (χ0v) is 39.2. The van der Waals surface area contributed by atoms with Crippen LogP contribution in [-0.2, 0) is 4.79 Å². The lowest BCUT2D eigenvalue weighted by atomic mass is 9.99. The number of aliphatic hydroxyl groups is 3. The summed E-state index contributed by atoms with van der Waals surface area (Å²) in [6, 6.07) is -0.807. The van der Waals surface area contributed by atoms with Crippen molar-refractivity contribution in [2.75, 3.05) is 6.61 Å². The van der Waals surface area contributed by atoms with Gasteiger partial charge in [-0.25, -0.2) is 0 Å². The summed E-state index contributed by atoms with van der Waals surface area (Å²) in [6.45, 7) is 4.19. The highest BCUT2D eigenvalue weighted by atomic mass is 16.3. The third-order valence-corrected chi connectivity index (χ3v) is 12.3. The van der Waals surface area contributed by atoms with E-state index in [1.54, 1.807) is 0 Å². The van der Waals surface area contributed by atoms with Gasteiger partial charge in [-0.05, 0) is 44.9 Å². The van der Waals surface area contributed by atoms with Crippen molar-refractivity contribution in [2.24, 2.45) is 0 Å². The lowest BCUT2D eigenvalue weighted by Crippen LogP contribution is -2.50. The summed E-state index contributed by atoms with van der Waals surface area (Å²) in [5.74, 6) is -0.142. The highest BCUT2D eigenvalue weighted by molar-refractivity contribution is 5.76. The van der Waals surface area contributed by atoms with Crippen molar-refractivity contribution < 1.29 is 20.1 Å². The van der Waals surface area contributed by atoms with Gasteiger partial charge in [-0.1, -0.05) is 256 Å². The number of carbonyl (C=O) groups is 1. The lowest BCUT2D eigenvalue weighted by Gasteiger charge is -2.26. The molecule has 0 aromatic carbocycles. The van der Waals surface area contributed by atoms with Gasteiger partial charge in [0.15, 0.2) is 0 Å². The van der Waals surface area contributed by atoms with E-state index in [9.17, 15) is 20.1 Å². The van der Waals surface area contributed by atoms with E-state index in [0.717, 1.165) is 44.9 Å². The van der Waals surface area contributed by atoms with Gasteiger partial charge in [0, 0.05) is 6.42 Å². The number of aliphatic hydroxyl groups excluding tert-OH is 3. The number of nitrogens with one attached hydrogen (secondary N) is 1. The maximum atomic E-state index is 12.5. The summed E-state index contributed by atoms with van der Waals surface area (Å²) in [5.41, 5.74) is 0. The fourth-order valence-corrected chi connectivity index (χ4v) is 8.25. The second-order valence-electron chi connectivity index (χ2n) is 18.1. The summed E-state index contributed by atoms with van der Waals surface area (Å²) in [4.78, 5) is 12.5. The Bertz CT molecular complexity index is 859. The van der Waals surface area contributed by atoms with Crippen LogP contribution < -0.4 is 5.32 Å². The van der Waals surface area contributed by atoms with E-state index < -0.39 is 18.2 Å². The molecule has 3 atom stereocenters. The molecule has 5 nitrogen and oxygen atoms in total. The van der Waals surface area contributed by atoms with Crippen LogP contribution in [0.1, 0.15) is 284 Å². The van der Waals surface area contributed by atoms with E-state index in [2.05, 4.69) is 43.5 Å². The minimum absolute atomic E-state index is 0.142. The Balaban J connectivity index is 3.50. The van der Waals surface area contributed by atoms with Crippen molar-refractivity contribution in [1.82, 2.24) is 5.32 Å². The van der Waals surface area contributed by atoms with Gasteiger partial charge in [-0.2, -0.15) is 0 Å². The van der Waals surface area contributed by atoms with Gasteiger partial charge in [0.05, 0.1) is 18.8 Å². The molecule has 3 unspecified atom stereocenters. The molecular weight excluding hydrogens is 715 g/mol. The summed E-state index contributed by atoms with van der Waals surface area (Å²) in [5, 5.41) is 33.6. The third kappa shape index (κ3) is 42.9. The Hall–Kier alpha value is -1.17. The van der Waals surface area contributed by atoms with E-state index in [1.807, 2.05) is 0 Å². The first kappa shape index (κ1) is 56.8. The van der Waals surface area contributed by atoms with Crippen LogP contribution in [0.3, 0.4) is 0 Å². The highest BCUT2D eigenvalue weighted by Gasteiger charge is 2.26. The Labute approximate surface area is 362 Å². The summed E-state index contributed by atoms with van der Waals surface area (Å²) >= 11 is 0. The van der Waals surface area contributed by atoms with Crippen LogP contribution in [0.2, 0.25) is 0 Å². The molecule has 0 aliphatic carbocycles.